The van der Waals surface area contributed by atoms with Gasteiger partial charge in [-0.15, -0.1) is 0 Å². The second-order valence-corrected chi connectivity index (χ2v) is 6.63. The van der Waals surface area contributed by atoms with Crippen molar-refractivity contribution >= 4 is 6.03 Å². The van der Waals surface area contributed by atoms with Gasteiger partial charge in [-0.05, 0) is 19.3 Å². The molecule has 5 fully saturated rings. The summed E-state index contributed by atoms with van der Waals surface area (Å²) >= 11 is 0. The molecule has 0 aromatic rings. The molecule has 3 saturated carbocycles. The average Bonchev–Trinajstić information content (AvgIpc) is 2.60. The van der Waals surface area contributed by atoms with E-state index >= 15 is 0 Å². The van der Waals surface area contributed by atoms with Crippen molar-refractivity contribution in [1.82, 2.24) is 15.1 Å². The Morgan fingerprint density at radius 2 is 2.22 bits per heavy atom. The molecule has 3 aliphatic carbocycles. The van der Waals surface area contributed by atoms with Gasteiger partial charge in [-0.3, -0.25) is 0 Å². The summed E-state index contributed by atoms with van der Waals surface area (Å²) in [5.74, 6) is 0. The van der Waals surface area contributed by atoms with Gasteiger partial charge in [0.2, 0.25) is 0 Å². The minimum atomic E-state index is 0.201. The quantitative estimate of drug-likeness (QED) is 0.783. The summed E-state index contributed by atoms with van der Waals surface area (Å²) in [6.45, 7) is 4.57. The van der Waals surface area contributed by atoms with E-state index in [1.165, 1.54) is 0 Å². The molecule has 5 nitrogen and oxygen atoms in total. The van der Waals surface area contributed by atoms with Crippen molar-refractivity contribution in [1.29, 1.82) is 0 Å². The number of hydrogen-bond acceptors (Lipinski definition) is 3. The molecule has 0 aromatic heterocycles. The molecule has 2 saturated heterocycles. The summed E-state index contributed by atoms with van der Waals surface area (Å²) in [5, 5.41) is 3.38. The number of nitrogens with one attached hydrogen (secondary N) is 1. The van der Waals surface area contributed by atoms with E-state index in [1.807, 2.05) is 0 Å². The normalized spacial score (nSPS) is 45.6. The van der Waals surface area contributed by atoms with Gasteiger partial charge in [0.15, 0.2) is 0 Å². The van der Waals surface area contributed by atoms with Crippen LogP contribution in [-0.4, -0.2) is 67.3 Å². The van der Waals surface area contributed by atoms with Gasteiger partial charge in [-0.25, -0.2) is 4.79 Å². The molecule has 100 valence electrons. The fourth-order valence-electron chi connectivity index (χ4n) is 4.70. The van der Waals surface area contributed by atoms with Crippen molar-refractivity contribution in [2.24, 2.45) is 5.41 Å². The van der Waals surface area contributed by atoms with Crippen LogP contribution in [0, 0.1) is 5.41 Å². The molecule has 2 bridgehead atoms. The first-order chi connectivity index (χ1) is 8.68. The molecular weight excluding hydrogens is 230 g/mol. The van der Waals surface area contributed by atoms with Crippen LogP contribution in [0.2, 0.25) is 0 Å². The number of urea groups is 1. The van der Waals surface area contributed by atoms with Crippen LogP contribution < -0.4 is 5.32 Å². The molecule has 2 aliphatic heterocycles. The number of nitrogens with zero attached hydrogens (tertiary/aromatic N) is 2. The monoisotopic (exact) mass is 251 g/mol. The van der Waals surface area contributed by atoms with E-state index in [2.05, 4.69) is 15.1 Å². The third-order valence-corrected chi connectivity index (χ3v) is 5.36. The van der Waals surface area contributed by atoms with Crippen LogP contribution in [0.3, 0.4) is 0 Å². The van der Waals surface area contributed by atoms with Gasteiger partial charge in [0.25, 0.3) is 0 Å². The Bertz CT molecular complexity index is 378. The number of fused-ring (bicyclic) bond motifs is 1. The second kappa shape index (κ2) is 3.39. The van der Waals surface area contributed by atoms with Gasteiger partial charge in [0, 0.05) is 44.2 Å². The number of rotatable bonds is 3. The molecule has 0 unspecified atom stereocenters. The molecule has 2 heterocycles. The van der Waals surface area contributed by atoms with E-state index in [1.54, 1.807) is 7.11 Å². The molecule has 1 atom stereocenters. The van der Waals surface area contributed by atoms with Crippen molar-refractivity contribution < 1.29 is 9.53 Å². The Morgan fingerprint density at radius 3 is 2.89 bits per heavy atom. The van der Waals surface area contributed by atoms with Gasteiger partial charge in [0.1, 0.15) is 0 Å². The van der Waals surface area contributed by atoms with Gasteiger partial charge in [0.05, 0.1) is 12.6 Å². The van der Waals surface area contributed by atoms with Crippen LogP contribution in [0.1, 0.15) is 19.3 Å². The largest absolute Gasteiger partial charge is 0.384 e. The smallest absolute Gasteiger partial charge is 0.320 e. The SMILES string of the molecule is COCC12CC(N3C[C@@H]4CNCCN4C3=O)(C1)C2. The Kier molecular flexibility index (Phi) is 2.08. The molecule has 18 heavy (non-hydrogen) atoms. The maximum atomic E-state index is 12.5. The summed E-state index contributed by atoms with van der Waals surface area (Å²) in [7, 11) is 1.78. The van der Waals surface area contributed by atoms with E-state index in [9.17, 15) is 4.79 Å². The highest BCUT2D eigenvalue weighted by molar-refractivity contribution is 5.79. The van der Waals surface area contributed by atoms with Crippen LogP contribution in [0.25, 0.3) is 0 Å². The fraction of sp³-hybridized carbons (Fsp3) is 0.923. The Morgan fingerprint density at radius 1 is 1.44 bits per heavy atom. The lowest BCUT2D eigenvalue weighted by Gasteiger charge is -2.73. The molecule has 0 radical (unpaired) electrons. The van der Waals surface area contributed by atoms with E-state index in [0.717, 1.165) is 52.0 Å². The minimum absolute atomic E-state index is 0.201. The highest BCUT2D eigenvalue weighted by Gasteiger charge is 2.72. The Hall–Kier alpha value is -0.810. The van der Waals surface area contributed by atoms with Crippen molar-refractivity contribution in [3.63, 3.8) is 0 Å². The fourth-order valence-corrected chi connectivity index (χ4v) is 4.70. The minimum Gasteiger partial charge on any atom is -0.384 e. The lowest BCUT2D eigenvalue weighted by molar-refractivity contribution is -0.222. The van der Waals surface area contributed by atoms with Crippen LogP contribution in [0.15, 0.2) is 0 Å². The van der Waals surface area contributed by atoms with Crippen LogP contribution in [0.4, 0.5) is 4.79 Å². The number of hydrogen-bond donors (Lipinski definition) is 1. The predicted octanol–water partition coefficient (Wildman–Crippen LogP) is 0.265. The zero-order valence-electron chi connectivity index (χ0n) is 10.9. The van der Waals surface area contributed by atoms with E-state index < -0.39 is 0 Å². The van der Waals surface area contributed by atoms with Crippen LogP contribution in [0.5, 0.6) is 0 Å². The molecule has 1 N–H and O–H groups in total. The topological polar surface area (TPSA) is 44.8 Å². The first-order valence-electron chi connectivity index (χ1n) is 6.96. The molecule has 5 aliphatic rings. The van der Waals surface area contributed by atoms with E-state index in [-0.39, 0.29) is 11.6 Å². The van der Waals surface area contributed by atoms with Crippen molar-refractivity contribution in [2.45, 2.75) is 30.8 Å². The van der Waals surface area contributed by atoms with Crippen molar-refractivity contribution in [2.75, 3.05) is 39.9 Å². The maximum absolute atomic E-state index is 12.5. The van der Waals surface area contributed by atoms with E-state index in [4.69, 9.17) is 4.74 Å². The summed E-state index contributed by atoms with van der Waals surface area (Å²) < 4.78 is 5.29. The Balaban J connectivity index is 1.47. The lowest BCUT2D eigenvalue weighted by atomic mass is 9.39. The molecular formula is C13H21N3O2. The first kappa shape index (κ1) is 11.1. The molecule has 5 heteroatoms. The number of ether oxygens (including phenoxy) is 1. The lowest BCUT2D eigenvalue weighted by Crippen LogP contribution is -2.76. The third kappa shape index (κ3) is 1.21. The molecule has 5 rings (SSSR count). The van der Waals surface area contributed by atoms with Crippen LogP contribution in [-0.2, 0) is 4.74 Å². The molecule has 2 amide bonds. The standard InChI is InChI=1S/C13H21N3O2/c1-18-9-12-6-13(7-12,8-12)16-5-10-4-14-2-3-15(10)11(16)17/h10,14H,2-9H2,1H3/t10-,12?,13?/m0/s1. The third-order valence-electron chi connectivity index (χ3n) is 5.36. The average molecular weight is 251 g/mol. The number of piperazine rings is 1. The van der Waals surface area contributed by atoms with Crippen LogP contribution >= 0.6 is 0 Å². The number of carbonyl (C=O) groups is 1. The number of carbonyl (C=O) groups excluding carboxylic acids is 1. The zero-order chi connectivity index (χ0) is 12.4. The van der Waals surface area contributed by atoms with Gasteiger partial charge >= 0.3 is 6.03 Å². The van der Waals surface area contributed by atoms with Gasteiger partial charge in [-0.1, -0.05) is 0 Å². The van der Waals surface area contributed by atoms with Gasteiger partial charge in [-0.2, -0.15) is 0 Å². The zero-order valence-corrected chi connectivity index (χ0v) is 10.9. The molecule has 0 spiro atoms. The van der Waals surface area contributed by atoms with Crippen molar-refractivity contribution in [3.8, 4) is 0 Å². The maximum Gasteiger partial charge on any atom is 0.320 e. The highest BCUT2D eigenvalue weighted by Crippen LogP contribution is 2.70. The predicted molar refractivity (Wildman–Crippen MR) is 66.4 cm³/mol. The second-order valence-electron chi connectivity index (χ2n) is 6.63. The van der Waals surface area contributed by atoms with E-state index in [0.29, 0.717) is 11.5 Å². The van der Waals surface area contributed by atoms with Crippen molar-refractivity contribution in [3.05, 3.63) is 0 Å². The number of amides is 2. The summed E-state index contributed by atoms with van der Waals surface area (Å²) in [6, 6.07) is 0.686. The summed E-state index contributed by atoms with van der Waals surface area (Å²) in [5.41, 5.74) is 0.614. The highest BCUT2D eigenvalue weighted by atomic mass is 16.5. The molecule has 0 aromatic carbocycles. The van der Waals surface area contributed by atoms with Gasteiger partial charge < -0.3 is 19.9 Å². The summed E-state index contributed by atoms with van der Waals surface area (Å²) in [4.78, 5) is 16.7. The summed E-state index contributed by atoms with van der Waals surface area (Å²) in [6.07, 6.45) is 3.48. The number of methoxy groups -OCH3 is 1. The first-order valence-corrected chi connectivity index (χ1v) is 6.96. The Labute approximate surface area is 107 Å².